The number of nitrogens with one attached hydrogen (secondary N) is 1. The summed E-state index contributed by atoms with van der Waals surface area (Å²) in [7, 11) is -2.32. The standard InChI is InChI=1S/C15H24N4O5S/c1-9-12(11(3)18(5)16-9)25(23,24)17-10(2)13(20)19-8-6-7-15(19,4)14(21)22/h10,17H,6-8H2,1-5H3,(H,21,22). The number of sulfonamides is 1. The molecule has 25 heavy (non-hydrogen) atoms. The van der Waals surface area contributed by atoms with Gasteiger partial charge in [0.05, 0.1) is 17.4 Å². The Morgan fingerprint density at radius 3 is 2.44 bits per heavy atom. The van der Waals surface area contributed by atoms with E-state index in [0.717, 1.165) is 0 Å². The number of aryl methyl sites for hydroxylation is 2. The molecule has 1 aliphatic rings. The third-order valence-corrected chi connectivity index (χ3v) is 6.57. The Kier molecular flexibility index (Phi) is 4.97. The molecule has 1 aromatic rings. The normalized spacial score (nSPS) is 22.2. The molecule has 2 unspecified atom stereocenters. The second-order valence-corrected chi connectivity index (χ2v) is 8.29. The van der Waals surface area contributed by atoms with Gasteiger partial charge in [-0.15, -0.1) is 0 Å². The fraction of sp³-hybridized carbons (Fsp3) is 0.667. The van der Waals surface area contributed by atoms with Gasteiger partial charge in [-0.3, -0.25) is 9.48 Å². The molecule has 0 aliphatic carbocycles. The van der Waals surface area contributed by atoms with E-state index in [1.54, 1.807) is 20.9 Å². The van der Waals surface area contributed by atoms with Gasteiger partial charge in [0.15, 0.2) is 0 Å². The first-order chi connectivity index (χ1) is 11.4. The van der Waals surface area contributed by atoms with Crippen molar-refractivity contribution in [3.05, 3.63) is 11.4 Å². The van der Waals surface area contributed by atoms with Gasteiger partial charge in [-0.2, -0.15) is 9.82 Å². The molecule has 2 N–H and O–H groups in total. The van der Waals surface area contributed by atoms with Gasteiger partial charge in [0.1, 0.15) is 10.4 Å². The molecule has 0 aromatic carbocycles. The monoisotopic (exact) mass is 372 g/mol. The molecule has 0 bridgehead atoms. The van der Waals surface area contributed by atoms with Crippen LogP contribution in [0.1, 0.15) is 38.1 Å². The number of amides is 1. The Bertz CT molecular complexity index is 816. The van der Waals surface area contributed by atoms with Crippen LogP contribution >= 0.6 is 0 Å². The van der Waals surface area contributed by atoms with E-state index in [4.69, 9.17) is 0 Å². The summed E-state index contributed by atoms with van der Waals surface area (Å²) in [4.78, 5) is 25.5. The topological polar surface area (TPSA) is 122 Å². The van der Waals surface area contributed by atoms with Crippen molar-refractivity contribution in [1.82, 2.24) is 19.4 Å². The molecule has 0 radical (unpaired) electrons. The van der Waals surface area contributed by atoms with Crippen molar-refractivity contribution in [2.75, 3.05) is 6.54 Å². The highest BCUT2D eigenvalue weighted by Crippen LogP contribution is 2.30. The largest absolute Gasteiger partial charge is 0.480 e. The highest BCUT2D eigenvalue weighted by molar-refractivity contribution is 7.89. The average Bonchev–Trinajstić information content (AvgIpc) is 2.99. The van der Waals surface area contributed by atoms with Gasteiger partial charge in [-0.05, 0) is 40.5 Å². The van der Waals surface area contributed by atoms with E-state index in [-0.39, 0.29) is 4.90 Å². The zero-order valence-corrected chi connectivity index (χ0v) is 15.8. The maximum Gasteiger partial charge on any atom is 0.329 e. The molecule has 2 atom stereocenters. The van der Waals surface area contributed by atoms with E-state index >= 15 is 0 Å². The van der Waals surface area contributed by atoms with Gasteiger partial charge >= 0.3 is 5.97 Å². The maximum absolute atomic E-state index is 12.7. The smallest absolute Gasteiger partial charge is 0.329 e. The Morgan fingerprint density at radius 1 is 1.36 bits per heavy atom. The molecule has 10 heteroatoms. The average molecular weight is 372 g/mol. The van der Waals surface area contributed by atoms with Gasteiger partial charge in [-0.25, -0.2) is 13.2 Å². The first-order valence-corrected chi connectivity index (χ1v) is 9.47. The SMILES string of the molecule is Cc1nn(C)c(C)c1S(=O)(=O)NC(C)C(=O)N1CCCC1(C)C(=O)O. The molecule has 140 valence electrons. The summed E-state index contributed by atoms with van der Waals surface area (Å²) in [5.74, 6) is -1.64. The lowest BCUT2D eigenvalue weighted by Gasteiger charge is -2.33. The highest BCUT2D eigenvalue weighted by atomic mass is 32.2. The minimum absolute atomic E-state index is 0.0390. The van der Waals surface area contributed by atoms with Gasteiger partial charge in [0, 0.05) is 13.6 Å². The number of carboxylic acid groups (broad SMARTS) is 1. The molecule has 0 spiro atoms. The van der Waals surface area contributed by atoms with Crippen LogP contribution in [0, 0.1) is 13.8 Å². The number of rotatable bonds is 5. The Morgan fingerprint density at radius 2 is 1.96 bits per heavy atom. The summed E-state index contributed by atoms with van der Waals surface area (Å²) >= 11 is 0. The van der Waals surface area contributed by atoms with Crippen molar-refractivity contribution >= 4 is 21.9 Å². The molecular weight excluding hydrogens is 348 g/mol. The van der Waals surface area contributed by atoms with Gasteiger partial charge in [-0.1, -0.05) is 0 Å². The number of hydrogen-bond donors (Lipinski definition) is 2. The number of aromatic nitrogens is 2. The third-order valence-electron chi connectivity index (χ3n) is 4.78. The number of carbonyl (C=O) groups excluding carboxylic acids is 1. The quantitative estimate of drug-likeness (QED) is 0.760. The first kappa shape index (κ1) is 19.4. The third kappa shape index (κ3) is 3.28. The van der Waals surface area contributed by atoms with E-state index in [1.165, 1.54) is 23.4 Å². The van der Waals surface area contributed by atoms with Crippen LogP contribution in [0.15, 0.2) is 4.90 Å². The minimum Gasteiger partial charge on any atom is -0.480 e. The molecule has 1 aromatic heterocycles. The van der Waals surface area contributed by atoms with E-state index in [2.05, 4.69) is 9.82 Å². The summed E-state index contributed by atoms with van der Waals surface area (Å²) in [5, 5.41) is 13.5. The fourth-order valence-electron chi connectivity index (χ4n) is 3.26. The van der Waals surface area contributed by atoms with E-state index in [0.29, 0.717) is 30.8 Å². The van der Waals surface area contributed by atoms with Crippen molar-refractivity contribution in [2.45, 2.75) is 57.0 Å². The molecule has 1 amide bonds. The summed E-state index contributed by atoms with van der Waals surface area (Å²) < 4.78 is 29.1. The van der Waals surface area contributed by atoms with Crippen LogP contribution in [0.3, 0.4) is 0 Å². The number of likely N-dealkylation sites (tertiary alicyclic amines) is 1. The maximum atomic E-state index is 12.7. The van der Waals surface area contributed by atoms with Crippen molar-refractivity contribution in [3.63, 3.8) is 0 Å². The molecule has 1 aliphatic heterocycles. The Balaban J connectivity index is 2.25. The molecule has 2 heterocycles. The van der Waals surface area contributed by atoms with E-state index in [1.807, 2.05) is 0 Å². The van der Waals surface area contributed by atoms with E-state index < -0.39 is 33.5 Å². The summed E-state index contributed by atoms with van der Waals surface area (Å²) in [6.45, 7) is 6.40. The minimum atomic E-state index is -3.96. The zero-order valence-electron chi connectivity index (χ0n) is 15.0. The predicted molar refractivity (Wildman–Crippen MR) is 89.5 cm³/mol. The van der Waals surface area contributed by atoms with Crippen LogP contribution in [0.25, 0.3) is 0 Å². The molecule has 2 rings (SSSR count). The predicted octanol–water partition coefficient (Wildman–Crippen LogP) is 0.169. The van der Waals surface area contributed by atoms with Crippen LogP contribution < -0.4 is 4.72 Å². The summed E-state index contributed by atoms with van der Waals surface area (Å²) in [6.07, 6.45) is 0.906. The van der Waals surface area contributed by atoms with Crippen molar-refractivity contribution in [3.8, 4) is 0 Å². The van der Waals surface area contributed by atoms with E-state index in [9.17, 15) is 23.1 Å². The number of aliphatic carboxylic acids is 1. The van der Waals surface area contributed by atoms with Crippen LogP contribution in [0.5, 0.6) is 0 Å². The first-order valence-electron chi connectivity index (χ1n) is 7.99. The number of hydrogen-bond acceptors (Lipinski definition) is 5. The Labute approximate surface area is 147 Å². The molecule has 9 nitrogen and oxygen atoms in total. The molecule has 1 saturated heterocycles. The highest BCUT2D eigenvalue weighted by Gasteiger charge is 2.47. The lowest BCUT2D eigenvalue weighted by molar-refractivity contribution is -0.155. The number of carboxylic acids is 1. The second kappa shape index (κ2) is 6.41. The van der Waals surface area contributed by atoms with Crippen LogP contribution in [-0.2, 0) is 26.7 Å². The molecule has 1 fully saturated rings. The van der Waals surface area contributed by atoms with Gasteiger partial charge in [0.2, 0.25) is 15.9 Å². The van der Waals surface area contributed by atoms with Crippen LogP contribution in [0.4, 0.5) is 0 Å². The molecule has 0 saturated carbocycles. The molecular formula is C15H24N4O5S. The van der Waals surface area contributed by atoms with Crippen molar-refractivity contribution in [2.24, 2.45) is 7.05 Å². The van der Waals surface area contributed by atoms with Crippen LogP contribution in [0.2, 0.25) is 0 Å². The lowest BCUT2D eigenvalue weighted by Crippen LogP contribution is -2.56. The second-order valence-electron chi connectivity index (χ2n) is 6.64. The summed E-state index contributed by atoms with van der Waals surface area (Å²) in [6, 6.07) is -1.08. The van der Waals surface area contributed by atoms with Crippen molar-refractivity contribution in [1.29, 1.82) is 0 Å². The lowest BCUT2D eigenvalue weighted by atomic mass is 9.99. The van der Waals surface area contributed by atoms with Crippen LogP contribution in [-0.4, -0.2) is 58.2 Å². The van der Waals surface area contributed by atoms with Gasteiger partial charge < -0.3 is 10.0 Å². The number of nitrogens with zero attached hydrogens (tertiary/aromatic N) is 3. The summed E-state index contributed by atoms with van der Waals surface area (Å²) in [5.41, 5.74) is -0.512. The fourth-order valence-corrected chi connectivity index (χ4v) is 4.89. The Hall–Kier alpha value is -1.94. The zero-order chi connectivity index (χ0) is 19.2. The number of carbonyl (C=O) groups is 2. The van der Waals surface area contributed by atoms with Gasteiger partial charge in [0.25, 0.3) is 0 Å². The van der Waals surface area contributed by atoms with Crippen molar-refractivity contribution < 1.29 is 23.1 Å².